The largest absolute Gasteiger partial charge is 0.481 e. The molecule has 0 saturated carbocycles. The fourth-order valence-corrected chi connectivity index (χ4v) is 3.74. The molecule has 10 heteroatoms. The molecule has 0 amide bonds. The van der Waals surface area contributed by atoms with Gasteiger partial charge in [0.05, 0.1) is 28.9 Å². The molecule has 0 spiro atoms. The topological polar surface area (TPSA) is 130 Å². The van der Waals surface area contributed by atoms with Gasteiger partial charge >= 0.3 is 0 Å². The molecule has 4 aromatic rings. The number of ketones is 1. The molecular weight excluding hydrogens is 430 g/mol. The van der Waals surface area contributed by atoms with Crippen LogP contribution in [0, 0.1) is 6.92 Å². The minimum Gasteiger partial charge on any atom is -0.481 e. The fraction of sp³-hybridized carbons (Fsp3) is 0.0909. The van der Waals surface area contributed by atoms with Crippen molar-refractivity contribution in [2.45, 2.75) is 11.8 Å². The summed E-state index contributed by atoms with van der Waals surface area (Å²) in [5.41, 5.74) is 2.67. The minimum absolute atomic E-state index is 0.0174. The fourth-order valence-electron chi connectivity index (χ4n) is 3.22. The number of pyridine rings is 1. The van der Waals surface area contributed by atoms with Crippen LogP contribution < -0.4 is 9.88 Å². The summed E-state index contributed by atoms with van der Waals surface area (Å²) in [6.07, 6.45) is 3.01. The number of benzene rings is 2. The van der Waals surface area contributed by atoms with Crippen molar-refractivity contribution in [1.82, 2.24) is 20.0 Å². The Morgan fingerprint density at radius 2 is 1.84 bits per heavy atom. The Labute approximate surface area is 184 Å². The summed E-state index contributed by atoms with van der Waals surface area (Å²) in [5, 5.41) is 14.1. The first-order valence-electron chi connectivity index (χ1n) is 9.49. The highest BCUT2D eigenvalue weighted by atomic mass is 32.2. The van der Waals surface area contributed by atoms with E-state index in [4.69, 9.17) is 9.88 Å². The van der Waals surface area contributed by atoms with Crippen molar-refractivity contribution >= 4 is 32.8 Å². The number of hydrogen-bond donors (Lipinski definition) is 1. The second-order valence-electron chi connectivity index (χ2n) is 6.95. The molecule has 2 aromatic heterocycles. The normalized spacial score (nSPS) is 11.8. The predicted octanol–water partition coefficient (Wildman–Crippen LogP) is 2.68. The number of carbonyl (C=O) groups is 1. The average Bonchev–Trinajstić information content (AvgIpc) is 3.17. The van der Waals surface area contributed by atoms with Gasteiger partial charge < -0.3 is 4.74 Å². The number of sulfonamides is 1. The number of hydrogen-bond acceptors (Lipinski definition) is 7. The van der Waals surface area contributed by atoms with E-state index >= 15 is 0 Å². The molecule has 2 N–H and O–H groups in total. The van der Waals surface area contributed by atoms with Gasteiger partial charge in [-0.2, -0.15) is 0 Å². The number of methoxy groups -OCH3 is 1. The number of nitrogens with zero attached hydrogens (tertiary/aromatic N) is 4. The van der Waals surface area contributed by atoms with Crippen molar-refractivity contribution in [3.05, 3.63) is 77.6 Å². The van der Waals surface area contributed by atoms with Gasteiger partial charge in [-0.25, -0.2) is 23.2 Å². The SMILES string of the molecule is COc1nc2ccccc2cc1/C=C/C(=O)c1nnn(-c2ccc(S(N)(=O)=O)cc2)c1C. The van der Waals surface area contributed by atoms with Gasteiger partial charge in [0.15, 0.2) is 5.69 Å². The van der Waals surface area contributed by atoms with E-state index in [1.807, 2.05) is 30.3 Å². The van der Waals surface area contributed by atoms with Crippen molar-refractivity contribution in [3.8, 4) is 11.6 Å². The molecule has 0 atom stereocenters. The molecule has 0 radical (unpaired) electrons. The first-order chi connectivity index (χ1) is 15.3. The molecule has 2 aromatic carbocycles. The second kappa shape index (κ2) is 8.33. The van der Waals surface area contributed by atoms with Gasteiger partial charge in [-0.05, 0) is 55.5 Å². The first kappa shape index (κ1) is 21.3. The van der Waals surface area contributed by atoms with E-state index in [1.165, 1.54) is 42.1 Å². The molecule has 0 aliphatic heterocycles. The van der Waals surface area contributed by atoms with Crippen LogP contribution in [0.1, 0.15) is 21.7 Å². The molecule has 0 aliphatic carbocycles. The van der Waals surface area contributed by atoms with Crippen LogP contribution in [0.2, 0.25) is 0 Å². The molecule has 2 heterocycles. The zero-order chi connectivity index (χ0) is 22.9. The van der Waals surface area contributed by atoms with Crippen LogP contribution in [-0.4, -0.2) is 41.3 Å². The molecule has 4 rings (SSSR count). The molecular formula is C22H19N5O4S. The summed E-state index contributed by atoms with van der Waals surface area (Å²) in [7, 11) is -2.28. The number of primary sulfonamides is 1. The quantitative estimate of drug-likeness (QED) is 0.354. The Hall–Kier alpha value is -3.89. The molecule has 0 bridgehead atoms. The van der Waals surface area contributed by atoms with E-state index < -0.39 is 10.0 Å². The smallest absolute Gasteiger partial charge is 0.238 e. The van der Waals surface area contributed by atoms with Crippen LogP contribution in [0.4, 0.5) is 0 Å². The number of carbonyl (C=O) groups excluding carboxylic acids is 1. The van der Waals surface area contributed by atoms with Crippen LogP contribution in [0.3, 0.4) is 0 Å². The predicted molar refractivity (Wildman–Crippen MR) is 119 cm³/mol. The molecule has 0 unspecified atom stereocenters. The second-order valence-corrected chi connectivity index (χ2v) is 8.51. The van der Waals surface area contributed by atoms with Crippen molar-refractivity contribution in [2.24, 2.45) is 5.14 Å². The van der Waals surface area contributed by atoms with Crippen LogP contribution in [0.25, 0.3) is 22.7 Å². The number of para-hydroxylation sites is 1. The highest BCUT2D eigenvalue weighted by Gasteiger charge is 2.16. The molecule has 32 heavy (non-hydrogen) atoms. The van der Waals surface area contributed by atoms with E-state index in [-0.39, 0.29) is 16.4 Å². The van der Waals surface area contributed by atoms with Gasteiger partial charge in [0.1, 0.15) is 0 Å². The maximum atomic E-state index is 12.8. The highest BCUT2D eigenvalue weighted by Crippen LogP contribution is 2.23. The lowest BCUT2D eigenvalue weighted by molar-refractivity contribution is 0.104. The van der Waals surface area contributed by atoms with Gasteiger partial charge in [-0.3, -0.25) is 4.79 Å². The average molecular weight is 449 g/mol. The third kappa shape index (κ3) is 4.13. The number of allylic oxidation sites excluding steroid dienone is 1. The van der Waals surface area contributed by atoms with E-state index in [9.17, 15) is 13.2 Å². The lowest BCUT2D eigenvalue weighted by atomic mass is 10.1. The Morgan fingerprint density at radius 3 is 2.53 bits per heavy atom. The lowest BCUT2D eigenvalue weighted by Gasteiger charge is -2.06. The number of nitrogens with two attached hydrogens (primary N) is 1. The van der Waals surface area contributed by atoms with Crippen LogP contribution in [0.15, 0.2) is 65.6 Å². The summed E-state index contributed by atoms with van der Waals surface area (Å²) in [6.45, 7) is 1.70. The zero-order valence-electron chi connectivity index (χ0n) is 17.3. The summed E-state index contributed by atoms with van der Waals surface area (Å²) in [5.74, 6) is 0.0631. The van der Waals surface area contributed by atoms with Crippen LogP contribution in [0.5, 0.6) is 5.88 Å². The zero-order valence-corrected chi connectivity index (χ0v) is 18.1. The van der Waals surface area contributed by atoms with Crippen molar-refractivity contribution < 1.29 is 17.9 Å². The van der Waals surface area contributed by atoms with E-state index in [1.54, 1.807) is 13.0 Å². The summed E-state index contributed by atoms with van der Waals surface area (Å²) in [4.78, 5) is 17.2. The third-order valence-corrected chi connectivity index (χ3v) is 5.79. The Morgan fingerprint density at radius 1 is 1.12 bits per heavy atom. The standard InChI is InChI=1S/C22H19N5O4S/c1-14-21(25-26-27(14)17-8-10-18(11-9-17)32(23,29)30)20(28)12-7-16-13-15-5-3-4-6-19(15)24-22(16)31-2/h3-13H,1-2H3,(H2,23,29,30)/b12-7+. The van der Waals surface area contributed by atoms with Crippen LogP contribution in [-0.2, 0) is 10.0 Å². The van der Waals surface area contributed by atoms with Crippen molar-refractivity contribution in [2.75, 3.05) is 7.11 Å². The first-order valence-corrected chi connectivity index (χ1v) is 11.0. The van der Waals surface area contributed by atoms with Gasteiger partial charge in [0, 0.05) is 10.9 Å². The Bertz CT molecular complexity index is 1460. The number of aromatic nitrogens is 4. The maximum Gasteiger partial charge on any atom is 0.238 e. The third-order valence-electron chi connectivity index (χ3n) is 4.86. The summed E-state index contributed by atoms with van der Waals surface area (Å²) < 4.78 is 29.7. The molecule has 0 aliphatic rings. The van der Waals surface area contributed by atoms with Gasteiger partial charge in [-0.15, -0.1) is 5.10 Å². The summed E-state index contributed by atoms with van der Waals surface area (Å²) in [6, 6.07) is 15.3. The van der Waals surface area contributed by atoms with Gasteiger partial charge in [-0.1, -0.05) is 23.4 Å². The van der Waals surface area contributed by atoms with E-state index in [0.29, 0.717) is 22.8 Å². The molecule has 162 valence electrons. The Balaban J connectivity index is 1.62. The molecule has 0 fully saturated rings. The Kier molecular flexibility index (Phi) is 5.56. The number of fused-ring (bicyclic) bond motifs is 1. The number of ether oxygens (including phenoxy) is 1. The van der Waals surface area contributed by atoms with Gasteiger partial charge in [0.2, 0.25) is 21.7 Å². The highest BCUT2D eigenvalue weighted by molar-refractivity contribution is 7.89. The van der Waals surface area contributed by atoms with E-state index in [0.717, 1.165) is 10.9 Å². The van der Waals surface area contributed by atoms with Crippen LogP contribution >= 0.6 is 0 Å². The van der Waals surface area contributed by atoms with Crippen molar-refractivity contribution in [3.63, 3.8) is 0 Å². The minimum atomic E-state index is -3.80. The van der Waals surface area contributed by atoms with Crippen molar-refractivity contribution in [1.29, 1.82) is 0 Å². The summed E-state index contributed by atoms with van der Waals surface area (Å²) >= 11 is 0. The maximum absolute atomic E-state index is 12.8. The molecule has 0 saturated heterocycles. The number of rotatable bonds is 6. The molecule has 9 nitrogen and oxygen atoms in total. The monoisotopic (exact) mass is 449 g/mol. The van der Waals surface area contributed by atoms with E-state index in [2.05, 4.69) is 15.3 Å². The lowest BCUT2D eigenvalue weighted by Crippen LogP contribution is -2.12. The van der Waals surface area contributed by atoms with Gasteiger partial charge in [0.25, 0.3) is 0 Å².